The first kappa shape index (κ1) is 9.47. The summed E-state index contributed by atoms with van der Waals surface area (Å²) in [5.41, 5.74) is 0.911. The van der Waals surface area contributed by atoms with Gasteiger partial charge in [-0.2, -0.15) is 0 Å². The zero-order valence-electron chi connectivity index (χ0n) is 7.09. The number of hydrogen-bond donors (Lipinski definition) is 1. The van der Waals surface area contributed by atoms with Crippen molar-refractivity contribution in [1.82, 2.24) is 0 Å². The van der Waals surface area contributed by atoms with Crippen LogP contribution in [0.3, 0.4) is 0 Å². The van der Waals surface area contributed by atoms with Gasteiger partial charge >= 0.3 is 0 Å². The zero-order valence-corrected chi connectivity index (χ0v) is 7.09. The summed E-state index contributed by atoms with van der Waals surface area (Å²) in [5, 5.41) is 11.7. The lowest BCUT2D eigenvalue weighted by atomic mass is 10.0. The summed E-state index contributed by atoms with van der Waals surface area (Å²) < 4.78 is 0. The predicted molar refractivity (Wildman–Crippen MR) is 43.6 cm³/mol. The number of oxime groups is 1. The molecule has 0 unspecified atom stereocenters. The molecular weight excluding hydrogens is 126 g/mol. The van der Waals surface area contributed by atoms with E-state index in [2.05, 4.69) is 19.0 Å². The molecule has 10 heavy (non-hydrogen) atoms. The third-order valence-electron chi connectivity index (χ3n) is 1.83. The minimum absolute atomic E-state index is 0.644. The van der Waals surface area contributed by atoms with E-state index in [4.69, 9.17) is 5.21 Å². The Morgan fingerprint density at radius 2 is 2.10 bits per heavy atom. The van der Waals surface area contributed by atoms with E-state index >= 15 is 0 Å². The summed E-state index contributed by atoms with van der Waals surface area (Å²) in [7, 11) is 0. The Bertz CT molecular complexity index is 110. The third-order valence-corrected chi connectivity index (χ3v) is 1.83. The van der Waals surface area contributed by atoms with Gasteiger partial charge in [0.2, 0.25) is 0 Å². The molecule has 0 saturated heterocycles. The molecule has 0 aromatic heterocycles. The molecule has 2 nitrogen and oxygen atoms in total. The lowest BCUT2D eigenvalue weighted by molar-refractivity contribution is 0.315. The number of hydrogen-bond acceptors (Lipinski definition) is 2. The van der Waals surface area contributed by atoms with Crippen molar-refractivity contribution in [2.75, 3.05) is 0 Å². The van der Waals surface area contributed by atoms with Crippen LogP contribution in [0.15, 0.2) is 5.16 Å². The first-order chi connectivity index (χ1) is 4.74. The Hall–Kier alpha value is -0.530. The highest BCUT2D eigenvalue weighted by Gasteiger charge is 2.02. The second kappa shape index (κ2) is 5.27. The molecule has 0 aliphatic carbocycles. The topological polar surface area (TPSA) is 32.6 Å². The van der Waals surface area contributed by atoms with E-state index in [1.165, 1.54) is 0 Å². The zero-order chi connectivity index (χ0) is 7.98. The Labute approximate surface area is 62.9 Å². The van der Waals surface area contributed by atoms with Gasteiger partial charge in [0.15, 0.2) is 0 Å². The van der Waals surface area contributed by atoms with Crippen LogP contribution in [-0.2, 0) is 0 Å². The average Bonchev–Trinajstić information content (AvgIpc) is 1.99. The van der Waals surface area contributed by atoms with Crippen LogP contribution in [0.1, 0.15) is 40.0 Å². The molecule has 0 saturated carbocycles. The quantitative estimate of drug-likeness (QED) is 0.366. The van der Waals surface area contributed by atoms with Gasteiger partial charge in [-0.3, -0.25) is 0 Å². The SMILES string of the molecule is CC/C(C[C@H](C)CC)=N/O. The lowest BCUT2D eigenvalue weighted by Gasteiger charge is -2.06. The van der Waals surface area contributed by atoms with Gasteiger partial charge in [0.1, 0.15) is 0 Å². The van der Waals surface area contributed by atoms with Crippen molar-refractivity contribution >= 4 is 5.71 Å². The van der Waals surface area contributed by atoms with E-state index in [0.29, 0.717) is 5.92 Å². The highest BCUT2D eigenvalue weighted by atomic mass is 16.4. The summed E-state index contributed by atoms with van der Waals surface area (Å²) >= 11 is 0. The number of nitrogens with zero attached hydrogens (tertiary/aromatic N) is 1. The largest absolute Gasteiger partial charge is 0.411 e. The van der Waals surface area contributed by atoms with E-state index in [1.807, 2.05) is 6.92 Å². The first-order valence-electron chi connectivity index (χ1n) is 3.94. The summed E-state index contributed by atoms with van der Waals surface area (Å²) in [6.45, 7) is 6.33. The molecule has 0 aliphatic rings. The molecule has 1 atom stereocenters. The second-order valence-corrected chi connectivity index (χ2v) is 2.74. The second-order valence-electron chi connectivity index (χ2n) is 2.74. The van der Waals surface area contributed by atoms with E-state index in [-0.39, 0.29) is 0 Å². The minimum Gasteiger partial charge on any atom is -0.411 e. The average molecular weight is 143 g/mol. The van der Waals surface area contributed by atoms with Crippen LogP contribution in [-0.4, -0.2) is 10.9 Å². The molecule has 0 fully saturated rings. The van der Waals surface area contributed by atoms with E-state index in [9.17, 15) is 0 Å². The normalized spacial score (nSPS) is 15.3. The van der Waals surface area contributed by atoms with Crippen LogP contribution < -0.4 is 0 Å². The molecule has 0 heterocycles. The molecule has 0 rings (SSSR count). The molecular formula is C8H17NO. The minimum atomic E-state index is 0.644. The number of rotatable bonds is 4. The van der Waals surface area contributed by atoms with Crippen molar-refractivity contribution in [2.24, 2.45) is 11.1 Å². The molecule has 0 bridgehead atoms. The molecule has 0 aromatic carbocycles. The van der Waals surface area contributed by atoms with Gasteiger partial charge in [-0.1, -0.05) is 32.3 Å². The van der Waals surface area contributed by atoms with Gasteiger partial charge < -0.3 is 5.21 Å². The maximum atomic E-state index is 8.46. The van der Waals surface area contributed by atoms with Gasteiger partial charge in [-0.25, -0.2) is 0 Å². The summed E-state index contributed by atoms with van der Waals surface area (Å²) in [6, 6.07) is 0. The van der Waals surface area contributed by atoms with Gasteiger partial charge in [-0.15, -0.1) is 0 Å². The van der Waals surface area contributed by atoms with E-state index < -0.39 is 0 Å². The fourth-order valence-corrected chi connectivity index (χ4v) is 0.802. The van der Waals surface area contributed by atoms with Crippen LogP contribution in [0.4, 0.5) is 0 Å². The molecule has 2 heteroatoms. The van der Waals surface area contributed by atoms with E-state index in [1.54, 1.807) is 0 Å². The van der Waals surface area contributed by atoms with Crippen molar-refractivity contribution in [1.29, 1.82) is 0 Å². The summed E-state index contributed by atoms with van der Waals surface area (Å²) in [5.74, 6) is 0.644. The summed E-state index contributed by atoms with van der Waals surface area (Å²) in [6.07, 6.45) is 2.95. The Morgan fingerprint density at radius 3 is 2.40 bits per heavy atom. The monoisotopic (exact) mass is 143 g/mol. The van der Waals surface area contributed by atoms with Crippen molar-refractivity contribution in [3.8, 4) is 0 Å². The standard InChI is InChI=1S/C8H17NO/c1-4-7(3)6-8(5-2)9-10/h7,10H,4-6H2,1-3H3/b9-8-/t7-/m1/s1. The fourth-order valence-electron chi connectivity index (χ4n) is 0.802. The van der Waals surface area contributed by atoms with Crippen molar-refractivity contribution < 1.29 is 5.21 Å². The Kier molecular flexibility index (Phi) is 4.99. The van der Waals surface area contributed by atoms with E-state index in [0.717, 1.165) is 25.0 Å². The molecule has 0 aromatic rings. The van der Waals surface area contributed by atoms with Crippen LogP contribution >= 0.6 is 0 Å². The molecule has 0 amide bonds. The molecule has 0 radical (unpaired) electrons. The van der Waals surface area contributed by atoms with Crippen LogP contribution in [0.5, 0.6) is 0 Å². The van der Waals surface area contributed by atoms with Gasteiger partial charge in [0.25, 0.3) is 0 Å². The van der Waals surface area contributed by atoms with Crippen LogP contribution in [0.25, 0.3) is 0 Å². The third kappa shape index (κ3) is 3.49. The van der Waals surface area contributed by atoms with Crippen LogP contribution in [0, 0.1) is 5.92 Å². The first-order valence-corrected chi connectivity index (χ1v) is 3.94. The predicted octanol–water partition coefficient (Wildman–Crippen LogP) is 2.66. The van der Waals surface area contributed by atoms with Gasteiger partial charge in [0, 0.05) is 0 Å². The van der Waals surface area contributed by atoms with Gasteiger partial charge in [-0.05, 0) is 18.8 Å². The van der Waals surface area contributed by atoms with Crippen molar-refractivity contribution in [2.45, 2.75) is 40.0 Å². The highest BCUT2D eigenvalue weighted by molar-refractivity contribution is 5.83. The Balaban J connectivity index is 3.64. The van der Waals surface area contributed by atoms with Crippen LogP contribution in [0.2, 0.25) is 0 Å². The van der Waals surface area contributed by atoms with Crippen molar-refractivity contribution in [3.05, 3.63) is 0 Å². The molecule has 0 aliphatic heterocycles. The highest BCUT2D eigenvalue weighted by Crippen LogP contribution is 2.08. The molecule has 1 N–H and O–H groups in total. The lowest BCUT2D eigenvalue weighted by Crippen LogP contribution is -2.03. The smallest absolute Gasteiger partial charge is 0.0570 e. The molecule has 0 spiro atoms. The molecule has 60 valence electrons. The maximum absolute atomic E-state index is 8.46. The van der Waals surface area contributed by atoms with Gasteiger partial charge in [0.05, 0.1) is 5.71 Å². The fraction of sp³-hybridized carbons (Fsp3) is 0.875. The Morgan fingerprint density at radius 1 is 1.50 bits per heavy atom. The summed E-state index contributed by atoms with van der Waals surface area (Å²) in [4.78, 5) is 0. The maximum Gasteiger partial charge on any atom is 0.0570 e. The van der Waals surface area contributed by atoms with Crippen molar-refractivity contribution in [3.63, 3.8) is 0 Å².